The van der Waals surface area contributed by atoms with Crippen LogP contribution in [0, 0.1) is 0 Å². The van der Waals surface area contributed by atoms with Gasteiger partial charge in [0.25, 0.3) is 5.91 Å². The Balaban J connectivity index is 1.54. The lowest BCUT2D eigenvalue weighted by molar-refractivity contribution is -0.118. The number of nitrogens with two attached hydrogens (primary N) is 1. The lowest BCUT2D eigenvalue weighted by Crippen LogP contribution is -2.47. The Kier molecular flexibility index (Phi) is 2.92. The average molecular weight is 288 g/mol. The van der Waals surface area contributed by atoms with Crippen LogP contribution >= 0.6 is 0 Å². The van der Waals surface area contributed by atoms with E-state index in [9.17, 15) is 4.79 Å². The van der Waals surface area contributed by atoms with Crippen LogP contribution in [0.25, 0.3) is 0 Å². The van der Waals surface area contributed by atoms with Gasteiger partial charge in [-0.2, -0.15) is 0 Å². The Morgan fingerprint density at radius 3 is 2.67 bits per heavy atom. The van der Waals surface area contributed by atoms with Gasteiger partial charge in [-0.05, 0) is 18.9 Å². The molecule has 4 rings (SSSR count). The maximum atomic E-state index is 11.4. The molecular formula is C15H20N4O2. The summed E-state index contributed by atoms with van der Waals surface area (Å²) in [6.07, 6.45) is 2.70. The monoisotopic (exact) mass is 288 g/mol. The molecule has 1 saturated carbocycles. The highest BCUT2D eigenvalue weighted by atomic mass is 16.5. The number of rotatable bonds is 2. The van der Waals surface area contributed by atoms with Gasteiger partial charge in [-0.1, -0.05) is 0 Å². The van der Waals surface area contributed by atoms with E-state index in [-0.39, 0.29) is 12.5 Å². The highest BCUT2D eigenvalue weighted by Gasteiger charge is 2.31. The summed E-state index contributed by atoms with van der Waals surface area (Å²) in [6.45, 7) is 4.20. The molecule has 6 heteroatoms. The zero-order valence-corrected chi connectivity index (χ0v) is 12.0. The number of hydrogen-bond acceptors (Lipinski definition) is 5. The lowest BCUT2D eigenvalue weighted by Gasteiger charge is -2.37. The van der Waals surface area contributed by atoms with Crippen LogP contribution in [0.2, 0.25) is 0 Å². The third-order valence-electron chi connectivity index (χ3n) is 4.48. The molecule has 0 atom stereocenters. The van der Waals surface area contributed by atoms with Crippen LogP contribution in [0.4, 0.5) is 17.1 Å². The van der Waals surface area contributed by atoms with Crippen LogP contribution in [-0.2, 0) is 4.79 Å². The first kappa shape index (κ1) is 12.8. The number of carbonyl (C=O) groups is 1. The number of nitrogens with one attached hydrogen (secondary N) is 1. The molecule has 1 aromatic rings. The first-order valence-electron chi connectivity index (χ1n) is 7.56. The van der Waals surface area contributed by atoms with E-state index in [0.717, 1.165) is 43.6 Å². The second-order valence-electron chi connectivity index (χ2n) is 6.00. The van der Waals surface area contributed by atoms with Gasteiger partial charge < -0.3 is 20.7 Å². The number of amides is 1. The molecule has 0 radical (unpaired) electrons. The fourth-order valence-electron chi connectivity index (χ4n) is 3.17. The molecule has 0 unspecified atom stereocenters. The minimum atomic E-state index is -0.114. The molecule has 1 aromatic carbocycles. The summed E-state index contributed by atoms with van der Waals surface area (Å²) in [5.41, 5.74) is 8.60. The summed E-state index contributed by atoms with van der Waals surface area (Å²) in [5.74, 6) is 0.546. The van der Waals surface area contributed by atoms with Crippen molar-refractivity contribution in [2.45, 2.75) is 18.9 Å². The molecule has 2 heterocycles. The van der Waals surface area contributed by atoms with Crippen molar-refractivity contribution in [3.05, 3.63) is 12.1 Å². The van der Waals surface area contributed by atoms with Gasteiger partial charge in [0, 0.05) is 38.3 Å². The minimum Gasteiger partial charge on any atom is -0.482 e. The number of fused-ring (bicyclic) bond motifs is 1. The standard InChI is InChI=1S/C15H20N4O2/c16-11-7-14-12(17-15(20)9-21-14)8-13(11)19-5-3-18(4-6-19)10-1-2-10/h7-8,10H,1-6,9,16H2,(H,17,20). The van der Waals surface area contributed by atoms with E-state index in [1.807, 2.05) is 12.1 Å². The van der Waals surface area contributed by atoms with E-state index >= 15 is 0 Å². The maximum Gasteiger partial charge on any atom is 0.262 e. The summed E-state index contributed by atoms with van der Waals surface area (Å²) >= 11 is 0. The highest BCUT2D eigenvalue weighted by Crippen LogP contribution is 2.37. The molecule has 3 N–H and O–H groups in total. The molecule has 1 amide bonds. The van der Waals surface area contributed by atoms with E-state index in [2.05, 4.69) is 15.1 Å². The third kappa shape index (κ3) is 2.40. The van der Waals surface area contributed by atoms with E-state index in [1.54, 1.807) is 0 Å². The molecule has 3 aliphatic rings. The van der Waals surface area contributed by atoms with Gasteiger partial charge in [0.05, 0.1) is 17.1 Å². The minimum absolute atomic E-state index is 0.0614. The topological polar surface area (TPSA) is 70.8 Å². The van der Waals surface area contributed by atoms with Crippen molar-refractivity contribution in [1.82, 2.24) is 4.90 Å². The number of hydrogen-bond donors (Lipinski definition) is 2. The third-order valence-corrected chi connectivity index (χ3v) is 4.48. The average Bonchev–Trinajstić information content (AvgIpc) is 3.32. The van der Waals surface area contributed by atoms with Crippen molar-refractivity contribution in [2.24, 2.45) is 0 Å². The SMILES string of the molecule is Nc1cc2c(cc1N1CCN(C3CC3)CC1)NC(=O)CO2. The van der Waals surface area contributed by atoms with Crippen molar-refractivity contribution in [1.29, 1.82) is 0 Å². The number of nitrogens with zero attached hydrogens (tertiary/aromatic N) is 2. The summed E-state index contributed by atoms with van der Waals surface area (Å²) in [4.78, 5) is 16.3. The van der Waals surface area contributed by atoms with Crippen LogP contribution in [0.3, 0.4) is 0 Å². The Morgan fingerprint density at radius 1 is 1.19 bits per heavy atom. The van der Waals surface area contributed by atoms with Crippen molar-refractivity contribution < 1.29 is 9.53 Å². The van der Waals surface area contributed by atoms with Crippen molar-refractivity contribution >= 4 is 23.0 Å². The lowest BCUT2D eigenvalue weighted by atomic mass is 10.1. The molecule has 0 spiro atoms. The number of benzene rings is 1. The molecular weight excluding hydrogens is 268 g/mol. The molecule has 6 nitrogen and oxygen atoms in total. The van der Waals surface area contributed by atoms with Crippen molar-refractivity contribution in [3.63, 3.8) is 0 Å². The van der Waals surface area contributed by atoms with Crippen molar-refractivity contribution in [2.75, 3.05) is 48.7 Å². The fraction of sp³-hybridized carbons (Fsp3) is 0.533. The smallest absolute Gasteiger partial charge is 0.262 e. The van der Waals surface area contributed by atoms with Gasteiger partial charge in [-0.15, -0.1) is 0 Å². The normalized spacial score (nSPS) is 22.5. The summed E-state index contributed by atoms with van der Waals surface area (Å²) in [7, 11) is 0. The number of carbonyl (C=O) groups excluding carboxylic acids is 1. The number of nitrogen functional groups attached to an aromatic ring is 1. The van der Waals surface area contributed by atoms with Crippen LogP contribution in [0.1, 0.15) is 12.8 Å². The predicted molar refractivity (Wildman–Crippen MR) is 81.8 cm³/mol. The summed E-state index contributed by atoms with van der Waals surface area (Å²) in [6, 6.07) is 4.58. The number of ether oxygens (including phenoxy) is 1. The van der Waals surface area contributed by atoms with Crippen LogP contribution in [-0.4, -0.2) is 49.6 Å². The highest BCUT2D eigenvalue weighted by molar-refractivity contribution is 5.97. The Morgan fingerprint density at radius 2 is 1.95 bits per heavy atom. The van der Waals surface area contributed by atoms with Crippen molar-refractivity contribution in [3.8, 4) is 5.75 Å². The van der Waals surface area contributed by atoms with Crippen LogP contribution < -0.4 is 20.7 Å². The van der Waals surface area contributed by atoms with Gasteiger partial charge in [-0.25, -0.2) is 0 Å². The molecule has 1 aliphatic carbocycles. The molecule has 21 heavy (non-hydrogen) atoms. The van der Waals surface area contributed by atoms with Gasteiger partial charge in [0.15, 0.2) is 6.61 Å². The van der Waals surface area contributed by atoms with E-state index in [0.29, 0.717) is 11.4 Å². The van der Waals surface area contributed by atoms with Crippen LogP contribution in [0.5, 0.6) is 5.75 Å². The zero-order chi connectivity index (χ0) is 14.4. The second-order valence-corrected chi connectivity index (χ2v) is 6.00. The molecule has 0 aromatic heterocycles. The van der Waals surface area contributed by atoms with Gasteiger partial charge in [0.2, 0.25) is 0 Å². The Labute approximate surface area is 123 Å². The Hall–Kier alpha value is -1.95. The maximum absolute atomic E-state index is 11.4. The summed E-state index contributed by atoms with van der Waals surface area (Å²) < 4.78 is 5.40. The first-order chi connectivity index (χ1) is 10.2. The predicted octanol–water partition coefficient (Wildman–Crippen LogP) is 0.884. The quantitative estimate of drug-likeness (QED) is 0.791. The molecule has 0 bridgehead atoms. The second kappa shape index (κ2) is 4.80. The summed E-state index contributed by atoms with van der Waals surface area (Å²) in [5, 5.41) is 2.85. The molecule has 1 saturated heterocycles. The van der Waals surface area contributed by atoms with E-state index < -0.39 is 0 Å². The molecule has 2 fully saturated rings. The van der Waals surface area contributed by atoms with Gasteiger partial charge >= 0.3 is 0 Å². The largest absolute Gasteiger partial charge is 0.482 e. The number of piperazine rings is 1. The van der Waals surface area contributed by atoms with Gasteiger partial charge in [0.1, 0.15) is 5.75 Å². The van der Waals surface area contributed by atoms with Crippen LogP contribution in [0.15, 0.2) is 12.1 Å². The fourth-order valence-corrected chi connectivity index (χ4v) is 3.17. The first-order valence-corrected chi connectivity index (χ1v) is 7.56. The molecule has 2 aliphatic heterocycles. The number of anilines is 3. The Bertz CT molecular complexity index is 577. The van der Waals surface area contributed by atoms with E-state index in [1.165, 1.54) is 12.8 Å². The molecule has 112 valence electrons. The van der Waals surface area contributed by atoms with Gasteiger partial charge in [-0.3, -0.25) is 9.69 Å². The van der Waals surface area contributed by atoms with E-state index in [4.69, 9.17) is 10.5 Å². The zero-order valence-electron chi connectivity index (χ0n) is 12.0.